The third-order valence-electron chi connectivity index (χ3n) is 6.74. The van der Waals surface area contributed by atoms with Gasteiger partial charge in [0.2, 0.25) is 10.0 Å². The minimum absolute atomic E-state index is 0.0674. The maximum absolute atomic E-state index is 12.8. The first-order valence-corrected chi connectivity index (χ1v) is 12.1. The lowest BCUT2D eigenvalue weighted by molar-refractivity contribution is 0.232. The summed E-state index contributed by atoms with van der Waals surface area (Å²) in [5.41, 5.74) is 0.834. The molecule has 9 heteroatoms. The van der Waals surface area contributed by atoms with Crippen molar-refractivity contribution in [3.05, 3.63) is 18.6 Å². The topological polar surface area (TPSA) is 102 Å². The van der Waals surface area contributed by atoms with Crippen molar-refractivity contribution in [2.24, 2.45) is 17.8 Å². The molecule has 1 saturated carbocycles. The normalized spacial score (nSPS) is 28.8. The lowest BCUT2D eigenvalue weighted by atomic mass is 9.79. The smallest absolute Gasteiger partial charge is 0.214 e. The van der Waals surface area contributed by atoms with E-state index in [4.69, 9.17) is 0 Å². The van der Waals surface area contributed by atoms with E-state index in [1.165, 1.54) is 0 Å². The SMILES string of the molecule is C[C@@H]1CC(CS(=O)(=O)N2CC[C@H](CO)C2)CCC1N(C)c1ncnc2[nH]ccc12. The molecule has 0 radical (unpaired) electrons. The van der Waals surface area contributed by atoms with Crippen LogP contribution in [0.25, 0.3) is 11.0 Å². The van der Waals surface area contributed by atoms with Gasteiger partial charge in [-0.3, -0.25) is 0 Å². The molecule has 1 aliphatic heterocycles. The molecule has 4 rings (SSSR count). The highest BCUT2D eigenvalue weighted by atomic mass is 32.2. The van der Waals surface area contributed by atoms with E-state index >= 15 is 0 Å². The van der Waals surface area contributed by atoms with E-state index < -0.39 is 10.0 Å². The van der Waals surface area contributed by atoms with Crippen LogP contribution in [0.3, 0.4) is 0 Å². The van der Waals surface area contributed by atoms with Crippen molar-refractivity contribution in [1.29, 1.82) is 0 Å². The Morgan fingerprint density at radius 3 is 2.83 bits per heavy atom. The zero-order valence-corrected chi connectivity index (χ0v) is 18.0. The van der Waals surface area contributed by atoms with E-state index in [2.05, 4.69) is 33.8 Å². The van der Waals surface area contributed by atoms with Crippen LogP contribution in [0.2, 0.25) is 0 Å². The lowest BCUT2D eigenvalue weighted by Crippen LogP contribution is -2.43. The number of anilines is 1. The van der Waals surface area contributed by atoms with Crippen LogP contribution in [-0.2, 0) is 10.0 Å². The summed E-state index contributed by atoms with van der Waals surface area (Å²) in [6.45, 7) is 3.29. The maximum atomic E-state index is 12.8. The highest BCUT2D eigenvalue weighted by Gasteiger charge is 2.37. The Morgan fingerprint density at radius 1 is 1.28 bits per heavy atom. The Bertz CT molecular complexity index is 946. The Labute approximate surface area is 172 Å². The molecule has 2 aromatic heterocycles. The van der Waals surface area contributed by atoms with E-state index in [0.29, 0.717) is 25.0 Å². The maximum Gasteiger partial charge on any atom is 0.214 e. The van der Waals surface area contributed by atoms with Crippen LogP contribution in [0.5, 0.6) is 0 Å². The first kappa shape index (κ1) is 20.6. The fraction of sp³-hybridized carbons (Fsp3) is 0.700. The van der Waals surface area contributed by atoms with Crippen LogP contribution in [-0.4, -0.2) is 71.3 Å². The lowest BCUT2D eigenvalue weighted by Gasteiger charge is -2.40. The van der Waals surface area contributed by atoms with Crippen LogP contribution in [0.4, 0.5) is 5.82 Å². The molecule has 29 heavy (non-hydrogen) atoms. The van der Waals surface area contributed by atoms with Crippen molar-refractivity contribution in [2.45, 2.75) is 38.6 Å². The van der Waals surface area contributed by atoms with Crippen molar-refractivity contribution in [3.8, 4) is 0 Å². The summed E-state index contributed by atoms with van der Waals surface area (Å²) in [6.07, 6.45) is 6.97. The second-order valence-electron chi connectivity index (χ2n) is 8.75. The van der Waals surface area contributed by atoms with E-state index in [1.54, 1.807) is 10.6 Å². The molecule has 0 aromatic carbocycles. The molecule has 8 nitrogen and oxygen atoms in total. The average molecular weight is 422 g/mol. The molecule has 4 atom stereocenters. The predicted octanol–water partition coefficient (Wildman–Crippen LogP) is 1.84. The van der Waals surface area contributed by atoms with E-state index in [9.17, 15) is 13.5 Å². The molecule has 2 fully saturated rings. The monoisotopic (exact) mass is 421 g/mol. The molecule has 1 saturated heterocycles. The molecule has 0 spiro atoms. The van der Waals surface area contributed by atoms with Gasteiger partial charge in [-0.1, -0.05) is 6.92 Å². The Balaban J connectivity index is 1.40. The quantitative estimate of drug-likeness (QED) is 0.738. The van der Waals surface area contributed by atoms with Gasteiger partial charge >= 0.3 is 0 Å². The summed E-state index contributed by atoms with van der Waals surface area (Å²) in [4.78, 5) is 14.1. The molecule has 1 aliphatic carbocycles. The number of rotatable bonds is 6. The van der Waals surface area contributed by atoms with Gasteiger partial charge in [0.05, 0.1) is 11.1 Å². The van der Waals surface area contributed by atoms with Crippen molar-refractivity contribution < 1.29 is 13.5 Å². The number of hydrogen-bond donors (Lipinski definition) is 2. The van der Waals surface area contributed by atoms with Crippen molar-refractivity contribution >= 4 is 26.9 Å². The predicted molar refractivity (Wildman–Crippen MR) is 113 cm³/mol. The fourth-order valence-electron chi connectivity index (χ4n) is 5.12. The van der Waals surface area contributed by atoms with Gasteiger partial charge in [0.1, 0.15) is 17.8 Å². The van der Waals surface area contributed by atoms with Crippen LogP contribution >= 0.6 is 0 Å². The van der Waals surface area contributed by atoms with Gasteiger partial charge < -0.3 is 15.0 Å². The first-order valence-electron chi connectivity index (χ1n) is 10.5. The zero-order chi connectivity index (χ0) is 20.6. The summed E-state index contributed by atoms with van der Waals surface area (Å²) >= 11 is 0. The molecule has 160 valence electrons. The number of nitrogens with one attached hydrogen (secondary N) is 1. The molecule has 0 bridgehead atoms. The van der Waals surface area contributed by atoms with E-state index in [1.807, 2.05) is 12.3 Å². The van der Waals surface area contributed by atoms with E-state index in [0.717, 1.165) is 42.5 Å². The summed E-state index contributed by atoms with van der Waals surface area (Å²) < 4.78 is 27.3. The van der Waals surface area contributed by atoms with Crippen LogP contribution in [0.1, 0.15) is 32.6 Å². The number of H-pyrrole nitrogens is 1. The first-order chi connectivity index (χ1) is 13.9. The molecule has 2 aliphatic rings. The molecule has 2 aromatic rings. The number of aliphatic hydroxyl groups is 1. The molecule has 3 heterocycles. The zero-order valence-electron chi connectivity index (χ0n) is 17.2. The van der Waals surface area contributed by atoms with E-state index in [-0.39, 0.29) is 24.2 Å². The Morgan fingerprint density at radius 2 is 2.10 bits per heavy atom. The molecule has 0 amide bonds. The van der Waals surface area contributed by atoms with Crippen molar-refractivity contribution in [2.75, 3.05) is 37.4 Å². The third-order valence-corrected chi connectivity index (χ3v) is 8.75. The van der Waals surface area contributed by atoms with Gasteiger partial charge in [-0.15, -0.1) is 0 Å². The van der Waals surface area contributed by atoms with Crippen LogP contribution < -0.4 is 4.90 Å². The number of sulfonamides is 1. The Hall–Kier alpha value is -1.71. The average Bonchev–Trinajstić information content (AvgIpc) is 3.36. The molecule has 2 N–H and O–H groups in total. The highest BCUT2D eigenvalue weighted by molar-refractivity contribution is 7.89. The van der Waals surface area contributed by atoms with Gasteiger partial charge in [0, 0.05) is 39.0 Å². The highest BCUT2D eigenvalue weighted by Crippen LogP contribution is 2.36. The summed E-state index contributed by atoms with van der Waals surface area (Å²) in [7, 11) is -1.18. The largest absolute Gasteiger partial charge is 0.396 e. The Kier molecular flexibility index (Phi) is 5.81. The minimum Gasteiger partial charge on any atom is -0.396 e. The number of nitrogens with zero attached hydrogens (tertiary/aromatic N) is 4. The van der Waals surface area contributed by atoms with Gasteiger partial charge in [-0.25, -0.2) is 22.7 Å². The van der Waals surface area contributed by atoms with Crippen LogP contribution in [0.15, 0.2) is 18.6 Å². The number of aromatic nitrogens is 3. The van der Waals surface area contributed by atoms with Gasteiger partial charge in [-0.05, 0) is 49.5 Å². The molecular formula is C20H31N5O3S. The summed E-state index contributed by atoms with van der Waals surface area (Å²) in [6, 6.07) is 2.33. The summed E-state index contributed by atoms with van der Waals surface area (Å²) in [5, 5.41) is 10.3. The molecular weight excluding hydrogens is 390 g/mol. The summed E-state index contributed by atoms with van der Waals surface area (Å²) in [5.74, 6) is 1.80. The van der Waals surface area contributed by atoms with Crippen molar-refractivity contribution in [1.82, 2.24) is 19.3 Å². The number of hydrogen-bond acceptors (Lipinski definition) is 6. The second kappa shape index (κ2) is 8.20. The number of aromatic amines is 1. The standard InChI is InChI=1S/C20H31N5O3S/c1-14-9-15(12-29(27,28)25-8-6-16(10-25)11-26)3-4-18(14)24(2)20-17-5-7-21-19(17)22-13-23-20/h5,7,13-16,18,26H,3-4,6,8-12H2,1-2H3,(H,21,22,23)/t14-,15?,16+,18?/m1/s1. The minimum atomic E-state index is -3.25. The second-order valence-corrected chi connectivity index (χ2v) is 10.8. The van der Waals surface area contributed by atoms with Gasteiger partial charge in [0.25, 0.3) is 0 Å². The van der Waals surface area contributed by atoms with Crippen LogP contribution in [0, 0.1) is 17.8 Å². The molecule has 2 unspecified atom stereocenters. The van der Waals surface area contributed by atoms with Gasteiger partial charge in [0.15, 0.2) is 0 Å². The fourth-order valence-corrected chi connectivity index (χ4v) is 7.05. The van der Waals surface area contributed by atoms with Crippen molar-refractivity contribution in [3.63, 3.8) is 0 Å². The number of aliphatic hydroxyl groups excluding tert-OH is 1. The van der Waals surface area contributed by atoms with Gasteiger partial charge in [-0.2, -0.15) is 0 Å². The number of fused-ring (bicyclic) bond motifs is 1. The third kappa shape index (κ3) is 4.13.